The minimum Gasteiger partial charge on any atom is -0.488 e. The predicted molar refractivity (Wildman–Crippen MR) is 73.6 cm³/mol. The number of nitrogens with zero attached hydrogens (tertiary/aromatic N) is 1. The Morgan fingerprint density at radius 1 is 1.38 bits per heavy atom. The van der Waals surface area contributed by atoms with Crippen LogP contribution in [0.1, 0.15) is 18.4 Å². The molecule has 0 bridgehead atoms. The standard InChI is InChI=1S/C15H19F2NO3/c16-14(17)10-21-13-5-3-11(4-6-13)8-18-7-1-2-12(9-18)15(19)20/h3-6,12,14H,1-2,7-10H2,(H,19,20). The summed E-state index contributed by atoms with van der Waals surface area (Å²) in [5, 5.41) is 9.06. The van der Waals surface area contributed by atoms with E-state index in [1.807, 2.05) is 12.1 Å². The summed E-state index contributed by atoms with van der Waals surface area (Å²) in [7, 11) is 0. The van der Waals surface area contributed by atoms with Gasteiger partial charge in [-0.15, -0.1) is 0 Å². The minimum atomic E-state index is -2.48. The summed E-state index contributed by atoms with van der Waals surface area (Å²) in [5.74, 6) is -0.621. The van der Waals surface area contributed by atoms with Gasteiger partial charge < -0.3 is 9.84 Å². The monoisotopic (exact) mass is 299 g/mol. The Morgan fingerprint density at radius 3 is 2.71 bits per heavy atom. The summed E-state index contributed by atoms with van der Waals surface area (Å²) < 4.78 is 29.0. The van der Waals surface area contributed by atoms with Crippen molar-refractivity contribution in [3.8, 4) is 5.75 Å². The molecule has 1 N–H and O–H groups in total. The molecule has 1 aliphatic heterocycles. The van der Waals surface area contributed by atoms with Crippen molar-refractivity contribution in [3.63, 3.8) is 0 Å². The second-order valence-corrected chi connectivity index (χ2v) is 5.26. The molecule has 0 aromatic heterocycles. The van der Waals surface area contributed by atoms with Crippen LogP contribution in [0.25, 0.3) is 0 Å². The van der Waals surface area contributed by atoms with E-state index < -0.39 is 19.0 Å². The number of rotatable bonds is 6. The fourth-order valence-electron chi connectivity index (χ4n) is 2.51. The lowest BCUT2D eigenvalue weighted by atomic mass is 9.98. The van der Waals surface area contributed by atoms with Gasteiger partial charge in [0.1, 0.15) is 12.4 Å². The largest absolute Gasteiger partial charge is 0.488 e. The van der Waals surface area contributed by atoms with E-state index in [9.17, 15) is 13.6 Å². The van der Waals surface area contributed by atoms with Crippen molar-refractivity contribution < 1.29 is 23.4 Å². The van der Waals surface area contributed by atoms with Crippen molar-refractivity contribution in [2.75, 3.05) is 19.7 Å². The number of likely N-dealkylation sites (tertiary alicyclic amines) is 1. The predicted octanol–water partition coefficient (Wildman–Crippen LogP) is 2.63. The Bertz CT molecular complexity index is 464. The number of carboxylic acid groups (broad SMARTS) is 1. The molecule has 0 spiro atoms. The van der Waals surface area contributed by atoms with Crippen LogP contribution in [-0.2, 0) is 11.3 Å². The molecule has 0 saturated carbocycles. The van der Waals surface area contributed by atoms with Crippen LogP contribution in [0.4, 0.5) is 8.78 Å². The van der Waals surface area contributed by atoms with Crippen LogP contribution < -0.4 is 4.74 Å². The minimum absolute atomic E-state index is 0.299. The number of ether oxygens (including phenoxy) is 1. The molecule has 2 rings (SSSR count). The summed E-state index contributed by atoms with van der Waals surface area (Å²) in [5.41, 5.74) is 1.02. The molecule has 6 heteroatoms. The molecule has 1 aromatic carbocycles. The third kappa shape index (κ3) is 4.97. The number of benzene rings is 1. The zero-order valence-electron chi connectivity index (χ0n) is 11.7. The van der Waals surface area contributed by atoms with Crippen molar-refractivity contribution in [1.29, 1.82) is 0 Å². The Hall–Kier alpha value is -1.69. The van der Waals surface area contributed by atoms with Crippen LogP contribution >= 0.6 is 0 Å². The third-order valence-electron chi connectivity index (χ3n) is 3.56. The summed E-state index contributed by atoms with van der Waals surface area (Å²) in [4.78, 5) is 13.1. The molecule has 0 aliphatic carbocycles. The Kier molecular flexibility index (Phi) is 5.50. The maximum absolute atomic E-state index is 12.0. The first-order valence-corrected chi connectivity index (χ1v) is 6.99. The molecule has 1 heterocycles. The summed E-state index contributed by atoms with van der Waals surface area (Å²) in [6.07, 6.45) is -0.871. The van der Waals surface area contributed by atoms with E-state index in [2.05, 4.69) is 4.90 Å². The highest BCUT2D eigenvalue weighted by atomic mass is 19.3. The van der Waals surface area contributed by atoms with Crippen LogP contribution in [0, 0.1) is 5.92 Å². The highest BCUT2D eigenvalue weighted by Gasteiger charge is 2.25. The number of carbonyl (C=O) groups is 1. The quantitative estimate of drug-likeness (QED) is 0.877. The molecule has 1 atom stereocenters. The second-order valence-electron chi connectivity index (χ2n) is 5.26. The number of hydrogen-bond donors (Lipinski definition) is 1. The number of alkyl halides is 2. The van der Waals surface area contributed by atoms with E-state index in [0.29, 0.717) is 18.8 Å². The van der Waals surface area contributed by atoms with Crippen LogP contribution in [-0.4, -0.2) is 42.1 Å². The van der Waals surface area contributed by atoms with E-state index in [1.165, 1.54) is 0 Å². The van der Waals surface area contributed by atoms with Gasteiger partial charge in [-0.1, -0.05) is 12.1 Å². The SMILES string of the molecule is O=C(O)C1CCCN(Cc2ccc(OCC(F)F)cc2)C1. The van der Waals surface area contributed by atoms with Crippen molar-refractivity contribution in [1.82, 2.24) is 4.90 Å². The van der Waals surface area contributed by atoms with Gasteiger partial charge in [-0.3, -0.25) is 9.69 Å². The Labute approximate surface area is 122 Å². The van der Waals surface area contributed by atoms with Gasteiger partial charge in [-0.2, -0.15) is 0 Å². The molecule has 116 valence electrons. The van der Waals surface area contributed by atoms with Crippen LogP contribution in [0.3, 0.4) is 0 Å². The molecular weight excluding hydrogens is 280 g/mol. The maximum Gasteiger partial charge on any atom is 0.307 e. The molecular formula is C15H19F2NO3. The Balaban J connectivity index is 1.86. The number of piperidine rings is 1. The van der Waals surface area contributed by atoms with Crippen LogP contribution in [0.15, 0.2) is 24.3 Å². The number of halogens is 2. The molecule has 1 fully saturated rings. The van der Waals surface area contributed by atoms with Crippen LogP contribution in [0.5, 0.6) is 5.75 Å². The fourth-order valence-corrected chi connectivity index (χ4v) is 2.51. The fraction of sp³-hybridized carbons (Fsp3) is 0.533. The van der Waals surface area contributed by atoms with Gasteiger partial charge in [-0.25, -0.2) is 8.78 Å². The topological polar surface area (TPSA) is 49.8 Å². The lowest BCUT2D eigenvalue weighted by molar-refractivity contribution is -0.143. The summed E-state index contributed by atoms with van der Waals surface area (Å²) >= 11 is 0. The Morgan fingerprint density at radius 2 is 2.10 bits per heavy atom. The summed E-state index contributed by atoms with van der Waals surface area (Å²) in [6, 6.07) is 6.98. The highest BCUT2D eigenvalue weighted by molar-refractivity contribution is 5.70. The zero-order valence-corrected chi connectivity index (χ0v) is 11.7. The zero-order chi connectivity index (χ0) is 15.2. The second kappa shape index (κ2) is 7.36. The van der Waals surface area contributed by atoms with Crippen molar-refractivity contribution in [3.05, 3.63) is 29.8 Å². The number of aliphatic carboxylic acids is 1. The first-order chi connectivity index (χ1) is 10.0. The lowest BCUT2D eigenvalue weighted by Gasteiger charge is -2.30. The smallest absolute Gasteiger partial charge is 0.307 e. The normalized spacial score (nSPS) is 19.7. The van der Waals surface area contributed by atoms with E-state index in [1.54, 1.807) is 12.1 Å². The van der Waals surface area contributed by atoms with Gasteiger partial charge in [0.05, 0.1) is 5.92 Å². The van der Waals surface area contributed by atoms with Crippen LogP contribution in [0.2, 0.25) is 0 Å². The highest BCUT2D eigenvalue weighted by Crippen LogP contribution is 2.20. The van der Waals surface area contributed by atoms with E-state index in [-0.39, 0.29) is 5.92 Å². The van der Waals surface area contributed by atoms with Crippen molar-refractivity contribution in [2.24, 2.45) is 5.92 Å². The van der Waals surface area contributed by atoms with Gasteiger partial charge in [0, 0.05) is 13.1 Å². The van der Waals surface area contributed by atoms with E-state index >= 15 is 0 Å². The molecule has 1 aromatic rings. The first kappa shape index (κ1) is 15.7. The van der Waals surface area contributed by atoms with Gasteiger partial charge in [-0.05, 0) is 37.1 Å². The van der Waals surface area contributed by atoms with Crippen molar-refractivity contribution >= 4 is 5.97 Å². The average molecular weight is 299 g/mol. The van der Waals surface area contributed by atoms with Gasteiger partial charge in [0.25, 0.3) is 6.43 Å². The average Bonchev–Trinajstić information content (AvgIpc) is 2.47. The number of carboxylic acids is 1. The number of hydrogen-bond acceptors (Lipinski definition) is 3. The molecule has 21 heavy (non-hydrogen) atoms. The lowest BCUT2D eigenvalue weighted by Crippen LogP contribution is -2.38. The van der Waals surface area contributed by atoms with Gasteiger partial charge in [0.2, 0.25) is 0 Å². The molecule has 0 amide bonds. The van der Waals surface area contributed by atoms with E-state index in [4.69, 9.17) is 9.84 Å². The third-order valence-corrected chi connectivity index (χ3v) is 3.56. The van der Waals surface area contributed by atoms with E-state index in [0.717, 1.165) is 24.9 Å². The molecule has 4 nitrogen and oxygen atoms in total. The van der Waals surface area contributed by atoms with Gasteiger partial charge >= 0.3 is 5.97 Å². The van der Waals surface area contributed by atoms with Crippen molar-refractivity contribution in [2.45, 2.75) is 25.8 Å². The first-order valence-electron chi connectivity index (χ1n) is 6.99. The molecule has 1 unspecified atom stereocenters. The molecule has 0 radical (unpaired) electrons. The van der Waals surface area contributed by atoms with Gasteiger partial charge in [0.15, 0.2) is 0 Å². The molecule has 1 saturated heterocycles. The maximum atomic E-state index is 12.0. The summed E-state index contributed by atoms with van der Waals surface area (Å²) in [6.45, 7) is 1.50. The molecule has 1 aliphatic rings.